The largest absolute Gasteiger partial charge is 0.342 e. The molecule has 4 N–H and O–H groups in total. The van der Waals surface area contributed by atoms with Crippen molar-refractivity contribution in [1.82, 2.24) is 4.90 Å². The lowest BCUT2D eigenvalue weighted by Gasteiger charge is -2.39. The second kappa shape index (κ2) is 10.7. The highest BCUT2D eigenvalue weighted by Gasteiger charge is 2.38. The molecule has 0 aliphatic carbocycles. The van der Waals surface area contributed by atoms with Crippen molar-refractivity contribution in [2.75, 3.05) is 26.2 Å². The maximum atomic E-state index is 12.7. The van der Waals surface area contributed by atoms with Crippen LogP contribution in [0, 0.1) is 11.3 Å². The normalized spacial score (nSPS) is 19.0. The van der Waals surface area contributed by atoms with E-state index in [1.165, 1.54) is 6.42 Å². The topological polar surface area (TPSA) is 72.4 Å². The standard InChI is InChI=1S/C14H29N3O.2ClH/c1-3-14(4-2,11-16)13(18)17-9-5-6-12(10-17)7-8-15;;/h12H,3-11,15-16H2,1-2H3;2*1H. The molecule has 1 fully saturated rings. The predicted molar refractivity (Wildman–Crippen MR) is 89.5 cm³/mol. The molecule has 4 nitrogen and oxygen atoms in total. The van der Waals surface area contributed by atoms with Crippen LogP contribution in [0.2, 0.25) is 0 Å². The summed E-state index contributed by atoms with van der Waals surface area (Å²) in [5.74, 6) is 0.841. The number of nitrogens with two attached hydrogens (primary N) is 2. The summed E-state index contributed by atoms with van der Waals surface area (Å²) >= 11 is 0. The highest BCUT2D eigenvalue weighted by molar-refractivity contribution is 5.85. The molecular formula is C14H31Cl2N3O. The molecule has 1 saturated heterocycles. The first-order valence-electron chi connectivity index (χ1n) is 7.33. The predicted octanol–water partition coefficient (Wildman–Crippen LogP) is 2.18. The molecule has 0 aromatic heterocycles. The average molecular weight is 328 g/mol. The minimum absolute atomic E-state index is 0. The van der Waals surface area contributed by atoms with E-state index in [0.29, 0.717) is 12.5 Å². The van der Waals surface area contributed by atoms with Crippen LogP contribution in [0.15, 0.2) is 0 Å². The van der Waals surface area contributed by atoms with E-state index in [9.17, 15) is 4.79 Å². The first-order valence-corrected chi connectivity index (χ1v) is 7.33. The fourth-order valence-corrected chi connectivity index (χ4v) is 2.98. The Hall–Kier alpha value is -0.0300. The molecule has 0 spiro atoms. The molecule has 0 radical (unpaired) electrons. The number of carbonyl (C=O) groups is 1. The number of carbonyl (C=O) groups excluding carboxylic acids is 1. The van der Waals surface area contributed by atoms with Gasteiger partial charge in [-0.25, -0.2) is 0 Å². The van der Waals surface area contributed by atoms with Crippen LogP contribution in [0.5, 0.6) is 0 Å². The molecule has 1 amide bonds. The molecule has 1 aliphatic rings. The summed E-state index contributed by atoms with van der Waals surface area (Å²) in [6.45, 7) is 7.07. The molecular weight excluding hydrogens is 297 g/mol. The van der Waals surface area contributed by atoms with Crippen molar-refractivity contribution < 1.29 is 4.79 Å². The Labute approximate surface area is 135 Å². The van der Waals surface area contributed by atoms with Gasteiger partial charge in [0, 0.05) is 19.6 Å². The minimum Gasteiger partial charge on any atom is -0.342 e. The molecule has 122 valence electrons. The van der Waals surface area contributed by atoms with Gasteiger partial charge in [-0.05, 0) is 44.6 Å². The third-order valence-corrected chi connectivity index (χ3v) is 4.58. The van der Waals surface area contributed by atoms with Gasteiger partial charge in [0.05, 0.1) is 5.41 Å². The SMILES string of the molecule is CCC(CC)(CN)C(=O)N1CCCC(CCN)C1.Cl.Cl. The Balaban J connectivity index is 0. The van der Waals surface area contributed by atoms with Gasteiger partial charge in [-0.3, -0.25) is 4.79 Å². The quantitative estimate of drug-likeness (QED) is 0.785. The van der Waals surface area contributed by atoms with Crippen molar-refractivity contribution in [2.45, 2.75) is 46.0 Å². The number of rotatable bonds is 6. The van der Waals surface area contributed by atoms with Gasteiger partial charge in [-0.15, -0.1) is 24.8 Å². The summed E-state index contributed by atoms with van der Waals surface area (Å²) < 4.78 is 0. The summed E-state index contributed by atoms with van der Waals surface area (Å²) in [5.41, 5.74) is 11.1. The highest BCUT2D eigenvalue weighted by Crippen LogP contribution is 2.30. The second-order valence-corrected chi connectivity index (χ2v) is 5.53. The number of amides is 1. The summed E-state index contributed by atoms with van der Waals surface area (Å²) in [6, 6.07) is 0. The van der Waals surface area contributed by atoms with E-state index in [0.717, 1.165) is 45.3 Å². The molecule has 1 atom stereocenters. The van der Waals surface area contributed by atoms with Crippen LogP contribution in [0.1, 0.15) is 46.0 Å². The number of hydrogen-bond donors (Lipinski definition) is 2. The van der Waals surface area contributed by atoms with E-state index in [-0.39, 0.29) is 36.1 Å². The van der Waals surface area contributed by atoms with Crippen molar-refractivity contribution in [1.29, 1.82) is 0 Å². The highest BCUT2D eigenvalue weighted by atomic mass is 35.5. The van der Waals surface area contributed by atoms with Gasteiger partial charge in [-0.2, -0.15) is 0 Å². The lowest BCUT2D eigenvalue weighted by molar-refractivity contribution is -0.144. The molecule has 1 rings (SSSR count). The van der Waals surface area contributed by atoms with Gasteiger partial charge in [0.25, 0.3) is 0 Å². The molecule has 0 saturated carbocycles. The number of halogens is 2. The Kier molecular flexibility index (Phi) is 11.9. The monoisotopic (exact) mass is 327 g/mol. The molecule has 1 heterocycles. The molecule has 6 heteroatoms. The van der Waals surface area contributed by atoms with E-state index in [1.807, 2.05) is 4.90 Å². The third kappa shape index (κ3) is 5.06. The minimum atomic E-state index is -0.343. The number of hydrogen-bond acceptors (Lipinski definition) is 3. The summed E-state index contributed by atoms with van der Waals surface area (Å²) in [7, 11) is 0. The Bertz CT molecular complexity index is 263. The number of piperidine rings is 1. The Morgan fingerprint density at radius 1 is 1.25 bits per heavy atom. The van der Waals surface area contributed by atoms with Crippen LogP contribution in [-0.4, -0.2) is 37.0 Å². The van der Waals surface area contributed by atoms with Crippen LogP contribution in [0.3, 0.4) is 0 Å². The van der Waals surface area contributed by atoms with Crippen LogP contribution in [0.4, 0.5) is 0 Å². The second-order valence-electron chi connectivity index (χ2n) is 5.53. The molecule has 0 aromatic carbocycles. The summed E-state index contributed by atoms with van der Waals surface area (Å²) in [4.78, 5) is 14.7. The molecule has 0 aromatic rings. The van der Waals surface area contributed by atoms with Crippen LogP contribution in [-0.2, 0) is 4.79 Å². The summed E-state index contributed by atoms with van der Waals surface area (Å²) in [5, 5.41) is 0. The van der Waals surface area contributed by atoms with E-state index in [4.69, 9.17) is 11.5 Å². The van der Waals surface area contributed by atoms with Crippen molar-refractivity contribution in [3.8, 4) is 0 Å². The van der Waals surface area contributed by atoms with Gasteiger partial charge in [0.2, 0.25) is 5.91 Å². The van der Waals surface area contributed by atoms with Gasteiger partial charge >= 0.3 is 0 Å². The molecule has 20 heavy (non-hydrogen) atoms. The fraction of sp³-hybridized carbons (Fsp3) is 0.929. The summed E-state index contributed by atoms with van der Waals surface area (Å²) in [6.07, 6.45) is 4.99. The van der Waals surface area contributed by atoms with E-state index >= 15 is 0 Å². The van der Waals surface area contributed by atoms with Gasteiger partial charge < -0.3 is 16.4 Å². The lowest BCUT2D eigenvalue weighted by Crippen LogP contribution is -2.50. The van der Waals surface area contributed by atoms with Gasteiger partial charge in [-0.1, -0.05) is 13.8 Å². The van der Waals surface area contributed by atoms with Crippen molar-refractivity contribution in [2.24, 2.45) is 22.8 Å². The smallest absolute Gasteiger partial charge is 0.230 e. The first kappa shape index (κ1) is 22.3. The Morgan fingerprint density at radius 2 is 1.85 bits per heavy atom. The number of likely N-dealkylation sites (tertiary alicyclic amines) is 1. The van der Waals surface area contributed by atoms with E-state index in [2.05, 4.69) is 13.8 Å². The van der Waals surface area contributed by atoms with E-state index < -0.39 is 0 Å². The average Bonchev–Trinajstić information content (AvgIpc) is 2.42. The van der Waals surface area contributed by atoms with E-state index in [1.54, 1.807) is 0 Å². The zero-order valence-electron chi connectivity index (χ0n) is 12.8. The molecule has 1 unspecified atom stereocenters. The molecule has 1 aliphatic heterocycles. The van der Waals surface area contributed by atoms with Crippen LogP contribution in [0.25, 0.3) is 0 Å². The fourth-order valence-electron chi connectivity index (χ4n) is 2.98. The van der Waals surface area contributed by atoms with Gasteiger partial charge in [0.1, 0.15) is 0 Å². The zero-order valence-corrected chi connectivity index (χ0v) is 14.4. The maximum absolute atomic E-state index is 12.7. The zero-order chi connectivity index (χ0) is 13.6. The third-order valence-electron chi connectivity index (χ3n) is 4.58. The van der Waals surface area contributed by atoms with Crippen molar-refractivity contribution >= 4 is 30.7 Å². The maximum Gasteiger partial charge on any atom is 0.230 e. The van der Waals surface area contributed by atoms with Crippen LogP contribution >= 0.6 is 24.8 Å². The lowest BCUT2D eigenvalue weighted by atomic mass is 9.80. The Morgan fingerprint density at radius 3 is 2.30 bits per heavy atom. The van der Waals surface area contributed by atoms with Crippen LogP contribution < -0.4 is 11.5 Å². The van der Waals surface area contributed by atoms with Gasteiger partial charge in [0.15, 0.2) is 0 Å². The van der Waals surface area contributed by atoms with Crippen molar-refractivity contribution in [3.05, 3.63) is 0 Å². The van der Waals surface area contributed by atoms with Crippen molar-refractivity contribution in [3.63, 3.8) is 0 Å². The number of nitrogens with zero attached hydrogens (tertiary/aromatic N) is 1. The molecule has 0 bridgehead atoms. The first-order chi connectivity index (χ1) is 8.63.